The van der Waals surface area contributed by atoms with Gasteiger partial charge in [0, 0.05) is 17.8 Å². The number of hydrogen-bond acceptors (Lipinski definition) is 1. The van der Waals surface area contributed by atoms with Crippen molar-refractivity contribution >= 4 is 10.9 Å². The molecule has 0 aliphatic heterocycles. The summed E-state index contributed by atoms with van der Waals surface area (Å²) in [5.41, 5.74) is 2.44. The Labute approximate surface area is 90.3 Å². The molecule has 1 atom stereocenters. The van der Waals surface area contributed by atoms with E-state index >= 15 is 0 Å². The van der Waals surface area contributed by atoms with Crippen LogP contribution >= 0.6 is 0 Å². The molecule has 2 rings (SSSR count). The van der Waals surface area contributed by atoms with Gasteiger partial charge in [-0.05, 0) is 35.4 Å². The summed E-state index contributed by atoms with van der Waals surface area (Å²) in [4.78, 5) is 3.20. The molecule has 0 bridgehead atoms. The Morgan fingerprint density at radius 3 is 2.87 bits per heavy atom. The van der Waals surface area contributed by atoms with Gasteiger partial charge in [0.15, 0.2) is 0 Å². The summed E-state index contributed by atoms with van der Waals surface area (Å²) in [6.07, 6.45) is 3.09. The van der Waals surface area contributed by atoms with Crippen molar-refractivity contribution in [3.63, 3.8) is 0 Å². The minimum Gasteiger partial charge on any atom is -0.496 e. The molecule has 1 unspecified atom stereocenters. The number of hydrogen-bond donors (Lipinski definition) is 1. The average molecular weight is 203 g/mol. The van der Waals surface area contributed by atoms with Crippen LogP contribution in [0.3, 0.4) is 0 Å². The van der Waals surface area contributed by atoms with Gasteiger partial charge in [-0.1, -0.05) is 13.8 Å². The van der Waals surface area contributed by atoms with Gasteiger partial charge < -0.3 is 9.72 Å². The van der Waals surface area contributed by atoms with Crippen LogP contribution in [0.5, 0.6) is 5.75 Å². The predicted octanol–water partition coefficient (Wildman–Crippen LogP) is 3.69. The summed E-state index contributed by atoms with van der Waals surface area (Å²) in [5.74, 6) is 1.53. The van der Waals surface area contributed by atoms with Gasteiger partial charge in [0.2, 0.25) is 0 Å². The van der Waals surface area contributed by atoms with Crippen LogP contribution in [0.15, 0.2) is 24.4 Å². The van der Waals surface area contributed by atoms with E-state index in [1.807, 2.05) is 6.20 Å². The molecular formula is C13H17NO. The number of benzene rings is 1. The highest BCUT2D eigenvalue weighted by molar-refractivity contribution is 5.82. The van der Waals surface area contributed by atoms with Gasteiger partial charge >= 0.3 is 0 Å². The normalized spacial score (nSPS) is 13.0. The molecule has 0 radical (unpaired) electrons. The molecule has 2 nitrogen and oxygen atoms in total. The highest BCUT2D eigenvalue weighted by atomic mass is 16.5. The Balaban J connectivity index is 2.59. The summed E-state index contributed by atoms with van der Waals surface area (Å²) >= 11 is 0. The van der Waals surface area contributed by atoms with Gasteiger partial charge in [0.1, 0.15) is 5.75 Å². The molecule has 0 aliphatic rings. The van der Waals surface area contributed by atoms with E-state index in [4.69, 9.17) is 4.74 Å². The Kier molecular flexibility index (Phi) is 2.67. The number of aromatic amines is 1. The molecule has 0 fully saturated rings. The van der Waals surface area contributed by atoms with E-state index in [1.54, 1.807) is 7.11 Å². The summed E-state index contributed by atoms with van der Waals surface area (Å²) in [7, 11) is 1.73. The number of aromatic nitrogens is 1. The van der Waals surface area contributed by atoms with Crippen molar-refractivity contribution in [1.29, 1.82) is 0 Å². The number of H-pyrrole nitrogens is 1. The number of methoxy groups -OCH3 is 1. The lowest BCUT2D eigenvalue weighted by atomic mass is 9.96. The fourth-order valence-electron chi connectivity index (χ4n) is 1.88. The third kappa shape index (κ3) is 1.72. The van der Waals surface area contributed by atoms with Gasteiger partial charge in [-0.25, -0.2) is 0 Å². The zero-order valence-corrected chi connectivity index (χ0v) is 9.50. The summed E-state index contributed by atoms with van der Waals surface area (Å²) < 4.78 is 5.43. The summed E-state index contributed by atoms with van der Waals surface area (Å²) in [6, 6.07) is 6.40. The maximum absolute atomic E-state index is 5.43. The number of nitrogens with one attached hydrogen (secondary N) is 1. The fourth-order valence-corrected chi connectivity index (χ4v) is 1.88. The molecule has 1 aromatic carbocycles. The predicted molar refractivity (Wildman–Crippen MR) is 63.6 cm³/mol. The number of fused-ring (bicyclic) bond motifs is 1. The molecule has 2 aromatic rings. The van der Waals surface area contributed by atoms with Crippen molar-refractivity contribution < 1.29 is 4.74 Å². The zero-order chi connectivity index (χ0) is 10.8. The number of rotatable bonds is 3. The molecule has 15 heavy (non-hydrogen) atoms. The first kappa shape index (κ1) is 10.1. The Morgan fingerprint density at radius 2 is 2.20 bits per heavy atom. The lowest BCUT2D eigenvalue weighted by molar-refractivity contribution is 0.406. The van der Waals surface area contributed by atoms with Crippen LogP contribution in [0.25, 0.3) is 10.9 Å². The largest absolute Gasteiger partial charge is 0.496 e. The maximum atomic E-state index is 5.43. The third-order valence-electron chi connectivity index (χ3n) is 3.05. The average Bonchev–Trinajstić information content (AvgIpc) is 2.73. The first-order chi connectivity index (χ1) is 7.26. The first-order valence-electron chi connectivity index (χ1n) is 5.41. The van der Waals surface area contributed by atoms with Crippen LogP contribution in [0.1, 0.15) is 31.7 Å². The SMILES string of the molecule is CCC(C)c1cc2cc[nH]c2cc1OC. The minimum atomic E-state index is 0.541. The zero-order valence-electron chi connectivity index (χ0n) is 9.50. The smallest absolute Gasteiger partial charge is 0.124 e. The van der Waals surface area contributed by atoms with Gasteiger partial charge in [-0.3, -0.25) is 0 Å². The van der Waals surface area contributed by atoms with Gasteiger partial charge in [0.25, 0.3) is 0 Å². The van der Waals surface area contributed by atoms with E-state index < -0.39 is 0 Å². The van der Waals surface area contributed by atoms with Gasteiger partial charge in [-0.2, -0.15) is 0 Å². The molecule has 2 heteroatoms. The monoisotopic (exact) mass is 203 g/mol. The molecule has 0 aliphatic carbocycles. The molecule has 1 aromatic heterocycles. The summed E-state index contributed by atoms with van der Waals surface area (Å²) in [5, 5.41) is 1.26. The van der Waals surface area contributed by atoms with E-state index in [9.17, 15) is 0 Å². The highest BCUT2D eigenvalue weighted by Crippen LogP contribution is 2.32. The summed E-state index contributed by atoms with van der Waals surface area (Å²) in [6.45, 7) is 4.43. The van der Waals surface area contributed by atoms with Crippen LogP contribution in [0.2, 0.25) is 0 Å². The molecule has 0 amide bonds. The van der Waals surface area contributed by atoms with Crippen LogP contribution in [0.4, 0.5) is 0 Å². The Hall–Kier alpha value is -1.44. The van der Waals surface area contributed by atoms with Crippen LogP contribution in [0, 0.1) is 0 Å². The Bertz CT molecular complexity index is 459. The first-order valence-corrected chi connectivity index (χ1v) is 5.41. The molecule has 0 saturated heterocycles. The Morgan fingerprint density at radius 1 is 1.40 bits per heavy atom. The molecule has 0 spiro atoms. The van der Waals surface area contributed by atoms with Crippen LogP contribution in [-0.2, 0) is 0 Å². The van der Waals surface area contributed by atoms with Gasteiger partial charge in [0.05, 0.1) is 7.11 Å². The van der Waals surface area contributed by atoms with Crippen LogP contribution in [-0.4, -0.2) is 12.1 Å². The molecule has 80 valence electrons. The van der Waals surface area contributed by atoms with Crippen LogP contribution < -0.4 is 4.74 Å². The highest BCUT2D eigenvalue weighted by Gasteiger charge is 2.11. The molecule has 1 N–H and O–H groups in total. The second-order valence-corrected chi connectivity index (χ2v) is 3.97. The van der Waals surface area contributed by atoms with Crippen molar-refractivity contribution in [1.82, 2.24) is 4.98 Å². The topological polar surface area (TPSA) is 25.0 Å². The second-order valence-electron chi connectivity index (χ2n) is 3.97. The van der Waals surface area contributed by atoms with Crippen molar-refractivity contribution in [2.75, 3.05) is 7.11 Å². The second kappa shape index (κ2) is 3.97. The maximum Gasteiger partial charge on any atom is 0.124 e. The number of ether oxygens (including phenoxy) is 1. The van der Waals surface area contributed by atoms with E-state index in [2.05, 4.69) is 37.0 Å². The molecule has 1 heterocycles. The third-order valence-corrected chi connectivity index (χ3v) is 3.05. The van der Waals surface area contributed by atoms with Crippen molar-refractivity contribution in [3.05, 3.63) is 30.0 Å². The van der Waals surface area contributed by atoms with E-state index in [0.29, 0.717) is 5.92 Å². The standard InChI is InChI=1S/C13H17NO/c1-4-9(2)11-7-10-5-6-14-12(10)8-13(11)15-3/h5-9,14H,4H2,1-3H3. The van der Waals surface area contributed by atoms with Crippen molar-refractivity contribution in [2.45, 2.75) is 26.2 Å². The fraction of sp³-hybridized carbons (Fsp3) is 0.385. The van der Waals surface area contributed by atoms with Crippen molar-refractivity contribution in [2.24, 2.45) is 0 Å². The molecule has 0 saturated carbocycles. The van der Waals surface area contributed by atoms with Crippen molar-refractivity contribution in [3.8, 4) is 5.75 Å². The van der Waals surface area contributed by atoms with E-state index in [1.165, 1.54) is 10.9 Å². The van der Waals surface area contributed by atoms with Gasteiger partial charge in [-0.15, -0.1) is 0 Å². The van der Waals surface area contributed by atoms with E-state index in [0.717, 1.165) is 17.7 Å². The quantitative estimate of drug-likeness (QED) is 0.808. The lowest BCUT2D eigenvalue weighted by Gasteiger charge is -2.14. The van der Waals surface area contributed by atoms with E-state index in [-0.39, 0.29) is 0 Å². The molecular weight excluding hydrogens is 186 g/mol. The lowest BCUT2D eigenvalue weighted by Crippen LogP contribution is -1.96. The minimum absolute atomic E-state index is 0.541.